The Hall–Kier alpha value is -1.81. The molecule has 1 spiro atoms. The second-order valence-corrected chi connectivity index (χ2v) is 7.78. The highest BCUT2D eigenvalue weighted by molar-refractivity contribution is 5.71. The third-order valence-corrected chi connectivity index (χ3v) is 5.07. The molecule has 1 aliphatic heterocycles. The largest absolute Gasteiger partial charge is 0.444 e. The van der Waals surface area contributed by atoms with Gasteiger partial charge in [0.2, 0.25) is 0 Å². The Bertz CT molecular complexity index is 649. The molecule has 3 rings (SSSR count). The summed E-state index contributed by atoms with van der Waals surface area (Å²) in [6.07, 6.45) is 4.47. The number of benzene rings is 1. The number of aliphatic hydroxyl groups is 1. The Morgan fingerprint density at radius 3 is 2.54 bits per heavy atom. The van der Waals surface area contributed by atoms with Crippen LogP contribution in [-0.2, 0) is 10.2 Å². The van der Waals surface area contributed by atoms with Gasteiger partial charge in [0, 0.05) is 25.1 Å². The SMILES string of the molecule is CC(C)(C)OC(=O)N1CCC2(CC1)C(CCO)=Cc1ccccc12. The van der Waals surface area contributed by atoms with Gasteiger partial charge in [-0.15, -0.1) is 0 Å². The smallest absolute Gasteiger partial charge is 0.410 e. The maximum atomic E-state index is 12.3. The lowest BCUT2D eigenvalue weighted by Crippen LogP contribution is -2.47. The fraction of sp³-hybridized carbons (Fsp3) is 0.550. The fourth-order valence-electron chi connectivity index (χ4n) is 3.98. The normalized spacial score (nSPS) is 19.2. The second-order valence-electron chi connectivity index (χ2n) is 7.78. The summed E-state index contributed by atoms with van der Waals surface area (Å²) in [7, 11) is 0. The van der Waals surface area contributed by atoms with Crippen molar-refractivity contribution < 1.29 is 14.6 Å². The number of fused-ring (bicyclic) bond motifs is 2. The molecule has 1 saturated heterocycles. The zero-order valence-electron chi connectivity index (χ0n) is 14.8. The van der Waals surface area contributed by atoms with Crippen molar-refractivity contribution in [1.29, 1.82) is 0 Å². The van der Waals surface area contributed by atoms with E-state index in [2.05, 4.69) is 30.3 Å². The number of piperidine rings is 1. The van der Waals surface area contributed by atoms with Gasteiger partial charge in [-0.3, -0.25) is 0 Å². The highest BCUT2D eigenvalue weighted by Crippen LogP contribution is 2.49. The van der Waals surface area contributed by atoms with Crippen molar-refractivity contribution in [2.75, 3.05) is 19.7 Å². The third kappa shape index (κ3) is 3.07. The monoisotopic (exact) mass is 329 g/mol. The summed E-state index contributed by atoms with van der Waals surface area (Å²) in [6, 6.07) is 8.47. The Balaban J connectivity index is 1.78. The number of carbonyl (C=O) groups is 1. The number of amides is 1. The molecule has 4 heteroatoms. The van der Waals surface area contributed by atoms with Crippen LogP contribution in [0.5, 0.6) is 0 Å². The first kappa shape index (κ1) is 17.0. The zero-order valence-corrected chi connectivity index (χ0v) is 14.8. The number of hydrogen-bond donors (Lipinski definition) is 1. The first-order chi connectivity index (χ1) is 11.4. The van der Waals surface area contributed by atoms with Gasteiger partial charge in [-0.1, -0.05) is 35.9 Å². The standard InChI is InChI=1S/C20H27NO3/c1-19(2,3)24-18(23)21-11-9-20(10-12-21)16(8-13-22)14-15-6-4-5-7-17(15)20/h4-7,14,22H,8-13H2,1-3H3. The number of rotatable bonds is 2. The van der Waals surface area contributed by atoms with Crippen molar-refractivity contribution in [3.05, 3.63) is 41.0 Å². The molecule has 24 heavy (non-hydrogen) atoms. The van der Waals surface area contributed by atoms with Crippen molar-refractivity contribution in [2.45, 2.75) is 51.0 Å². The van der Waals surface area contributed by atoms with E-state index in [-0.39, 0.29) is 18.1 Å². The highest BCUT2D eigenvalue weighted by Gasteiger charge is 2.44. The van der Waals surface area contributed by atoms with Crippen LogP contribution in [0.4, 0.5) is 4.79 Å². The van der Waals surface area contributed by atoms with E-state index in [1.54, 1.807) is 0 Å². The number of hydrogen-bond acceptors (Lipinski definition) is 3. The predicted molar refractivity (Wildman–Crippen MR) is 94.8 cm³/mol. The van der Waals surface area contributed by atoms with Crippen LogP contribution in [0.1, 0.15) is 51.2 Å². The van der Waals surface area contributed by atoms with Crippen LogP contribution >= 0.6 is 0 Å². The third-order valence-electron chi connectivity index (χ3n) is 5.07. The van der Waals surface area contributed by atoms with Crippen LogP contribution in [0.15, 0.2) is 29.8 Å². The van der Waals surface area contributed by atoms with Crippen LogP contribution in [0.3, 0.4) is 0 Å². The molecule has 1 amide bonds. The first-order valence-corrected chi connectivity index (χ1v) is 8.75. The maximum Gasteiger partial charge on any atom is 0.410 e. The molecular weight excluding hydrogens is 302 g/mol. The van der Waals surface area contributed by atoms with E-state index in [4.69, 9.17) is 4.74 Å². The van der Waals surface area contributed by atoms with Crippen molar-refractivity contribution in [3.63, 3.8) is 0 Å². The minimum Gasteiger partial charge on any atom is -0.444 e. The van der Waals surface area contributed by atoms with Gasteiger partial charge in [-0.2, -0.15) is 0 Å². The molecule has 1 N–H and O–H groups in total. The summed E-state index contributed by atoms with van der Waals surface area (Å²) in [5.41, 5.74) is 3.41. The lowest BCUT2D eigenvalue weighted by atomic mass is 9.69. The fourth-order valence-corrected chi connectivity index (χ4v) is 3.98. The summed E-state index contributed by atoms with van der Waals surface area (Å²) >= 11 is 0. The Morgan fingerprint density at radius 2 is 1.92 bits per heavy atom. The Labute approximate surface area is 144 Å². The summed E-state index contributed by atoms with van der Waals surface area (Å²) in [4.78, 5) is 14.1. The van der Waals surface area contributed by atoms with Gasteiger partial charge in [0.1, 0.15) is 5.60 Å². The van der Waals surface area contributed by atoms with E-state index in [9.17, 15) is 9.90 Å². The highest BCUT2D eigenvalue weighted by atomic mass is 16.6. The topological polar surface area (TPSA) is 49.8 Å². The van der Waals surface area contributed by atoms with Crippen molar-refractivity contribution in [2.24, 2.45) is 0 Å². The molecular formula is C20H27NO3. The molecule has 0 unspecified atom stereocenters. The summed E-state index contributed by atoms with van der Waals surface area (Å²) < 4.78 is 5.50. The molecule has 0 bridgehead atoms. The summed E-state index contributed by atoms with van der Waals surface area (Å²) in [5.74, 6) is 0. The molecule has 0 saturated carbocycles. The van der Waals surface area contributed by atoms with Crippen LogP contribution < -0.4 is 0 Å². The molecule has 4 nitrogen and oxygen atoms in total. The zero-order chi connectivity index (χ0) is 17.4. The van der Waals surface area contributed by atoms with E-state index in [0.717, 1.165) is 12.8 Å². The number of ether oxygens (including phenoxy) is 1. The Morgan fingerprint density at radius 1 is 1.25 bits per heavy atom. The van der Waals surface area contributed by atoms with Gasteiger partial charge >= 0.3 is 6.09 Å². The van der Waals surface area contributed by atoms with Gasteiger partial charge in [-0.05, 0) is 51.2 Å². The molecule has 1 aromatic rings. The molecule has 0 radical (unpaired) electrons. The molecule has 1 aliphatic carbocycles. The average Bonchev–Trinajstić information content (AvgIpc) is 2.81. The second kappa shape index (κ2) is 6.25. The van der Waals surface area contributed by atoms with Gasteiger partial charge in [-0.25, -0.2) is 4.79 Å². The molecule has 1 aromatic carbocycles. The summed E-state index contributed by atoms with van der Waals surface area (Å²) in [5, 5.41) is 9.46. The minimum absolute atomic E-state index is 0.0299. The molecule has 0 atom stereocenters. The van der Waals surface area contributed by atoms with Gasteiger partial charge in [0.25, 0.3) is 0 Å². The van der Waals surface area contributed by atoms with E-state index in [1.807, 2.05) is 25.7 Å². The molecule has 130 valence electrons. The summed E-state index contributed by atoms with van der Waals surface area (Å²) in [6.45, 7) is 7.22. The lowest BCUT2D eigenvalue weighted by Gasteiger charge is -2.42. The number of aliphatic hydroxyl groups excluding tert-OH is 1. The van der Waals surface area contributed by atoms with Crippen molar-refractivity contribution >= 4 is 12.2 Å². The first-order valence-electron chi connectivity index (χ1n) is 8.75. The van der Waals surface area contributed by atoms with E-state index in [1.165, 1.54) is 16.7 Å². The number of carbonyl (C=O) groups excluding carboxylic acids is 1. The van der Waals surface area contributed by atoms with E-state index in [0.29, 0.717) is 19.5 Å². The van der Waals surface area contributed by atoms with Crippen LogP contribution in [0, 0.1) is 0 Å². The van der Waals surface area contributed by atoms with Gasteiger partial charge in [0.15, 0.2) is 0 Å². The minimum atomic E-state index is -0.464. The van der Waals surface area contributed by atoms with Crippen molar-refractivity contribution in [1.82, 2.24) is 4.90 Å². The van der Waals surface area contributed by atoms with E-state index >= 15 is 0 Å². The quantitative estimate of drug-likeness (QED) is 0.899. The average molecular weight is 329 g/mol. The van der Waals surface area contributed by atoms with E-state index < -0.39 is 5.60 Å². The van der Waals surface area contributed by atoms with Crippen LogP contribution in [0.2, 0.25) is 0 Å². The molecule has 0 aromatic heterocycles. The van der Waals surface area contributed by atoms with Crippen molar-refractivity contribution in [3.8, 4) is 0 Å². The molecule has 1 heterocycles. The predicted octanol–water partition coefficient (Wildman–Crippen LogP) is 3.73. The van der Waals surface area contributed by atoms with Gasteiger partial charge in [0.05, 0.1) is 0 Å². The van der Waals surface area contributed by atoms with Crippen LogP contribution in [-0.4, -0.2) is 41.4 Å². The molecule has 1 fully saturated rings. The maximum absolute atomic E-state index is 12.3. The lowest BCUT2D eigenvalue weighted by molar-refractivity contribution is 0.0178. The molecule has 2 aliphatic rings. The van der Waals surface area contributed by atoms with Gasteiger partial charge < -0.3 is 14.7 Å². The number of nitrogens with zero attached hydrogens (tertiary/aromatic N) is 1. The number of likely N-dealkylation sites (tertiary alicyclic amines) is 1. The van der Waals surface area contributed by atoms with Crippen LogP contribution in [0.25, 0.3) is 6.08 Å². The Kier molecular flexibility index (Phi) is 4.43.